The van der Waals surface area contributed by atoms with Crippen LogP contribution in [0.4, 0.5) is 35.1 Å². The number of carbonyl (C=O) groups is 2. The summed E-state index contributed by atoms with van der Waals surface area (Å²) in [6.07, 6.45) is 0. The Hall–Kier alpha value is -2.17. The Morgan fingerprint density at radius 2 is 0.694 bits per heavy atom. The molecule has 0 bridgehead atoms. The van der Waals surface area contributed by atoms with Gasteiger partial charge in [0.25, 0.3) is 20.2 Å². The van der Waals surface area contributed by atoms with E-state index in [0.717, 1.165) is 0 Å². The summed E-state index contributed by atoms with van der Waals surface area (Å²) in [6.45, 7) is 0. The van der Waals surface area contributed by atoms with Gasteiger partial charge in [-0.15, -0.1) is 0 Å². The van der Waals surface area contributed by atoms with E-state index in [4.69, 9.17) is 9.11 Å². The van der Waals surface area contributed by atoms with Gasteiger partial charge in [0.1, 0.15) is 9.79 Å². The van der Waals surface area contributed by atoms with Crippen LogP contribution in [0.15, 0.2) is 9.79 Å². The Labute approximate surface area is 217 Å². The Kier molecular flexibility index (Phi) is 12.4. The van der Waals surface area contributed by atoms with Crippen LogP contribution >= 0.6 is 0 Å². The first-order valence-corrected chi connectivity index (χ1v) is 10.1. The first-order valence-electron chi connectivity index (χ1n) is 7.27. The molecule has 188 valence electrons. The first-order chi connectivity index (χ1) is 15.2. The molecule has 0 saturated heterocycles. The van der Waals surface area contributed by atoms with Crippen LogP contribution < -0.4 is 47.9 Å². The maximum Gasteiger partial charge on any atom is 1.00 e. The quantitative estimate of drug-likeness (QED) is 0.120. The van der Waals surface area contributed by atoms with Crippen LogP contribution in [0.25, 0.3) is 0 Å². The van der Waals surface area contributed by atoms with Crippen LogP contribution in [0.3, 0.4) is 0 Å². The summed E-state index contributed by atoms with van der Waals surface area (Å²) in [5, 5.41) is 20.6. The van der Waals surface area contributed by atoms with E-state index in [1.54, 1.807) is 0 Å². The molecule has 22 heteroatoms. The van der Waals surface area contributed by atoms with E-state index in [9.17, 15) is 71.8 Å². The minimum Gasteiger partial charge on any atom is -0.545 e. The summed E-state index contributed by atoms with van der Waals surface area (Å²) in [7, 11) is -11.2. The zero-order chi connectivity index (χ0) is 27.1. The third kappa shape index (κ3) is 6.98. The summed E-state index contributed by atoms with van der Waals surface area (Å²) in [4.78, 5) is 16.2. The van der Waals surface area contributed by atoms with E-state index in [-0.39, 0.29) is 37.7 Å². The molecule has 2 N–H and O–H groups in total. The largest absolute Gasteiger partial charge is 1.00 e. The second kappa shape index (κ2) is 12.4. The molecule has 0 spiro atoms. The number of carboxylic acids is 2. The van der Waals surface area contributed by atoms with Crippen molar-refractivity contribution in [2.75, 3.05) is 0 Å². The average molecular weight is 560 g/mol. The third-order valence-electron chi connectivity index (χ3n) is 3.37. The zero-order valence-electron chi connectivity index (χ0n) is 17.0. The normalized spacial score (nSPS) is 10.9. The van der Waals surface area contributed by atoms with Gasteiger partial charge in [-0.1, -0.05) is 0 Å². The molecule has 0 aliphatic rings. The van der Waals surface area contributed by atoms with Crippen LogP contribution in [-0.2, 0) is 20.2 Å². The van der Waals surface area contributed by atoms with Crippen LogP contribution in [0, 0.1) is 46.5 Å². The van der Waals surface area contributed by atoms with Crippen molar-refractivity contribution < 1.29 is 119 Å². The first kappa shape index (κ1) is 36.0. The smallest absolute Gasteiger partial charge is 0.545 e. The van der Waals surface area contributed by atoms with Crippen LogP contribution in [0.1, 0.15) is 20.7 Å². The maximum atomic E-state index is 12.9. The van der Waals surface area contributed by atoms with Crippen molar-refractivity contribution >= 4 is 32.2 Å². The van der Waals surface area contributed by atoms with Crippen LogP contribution in [-0.4, -0.2) is 37.9 Å². The second-order valence-corrected chi connectivity index (χ2v) is 8.16. The SMILES string of the molecule is O=C([O-])c1c(F)c(F)c(F)c(F)c1S(=O)(=O)O.O=C([O-])c1c(F)c(F)c(F)c(F)c1S(=O)(=O)O.[Li+].[Li+]. The molecule has 2 aromatic carbocycles. The van der Waals surface area contributed by atoms with Crippen LogP contribution in [0.2, 0.25) is 0 Å². The van der Waals surface area contributed by atoms with Crippen molar-refractivity contribution in [2.24, 2.45) is 0 Å². The Morgan fingerprint density at radius 1 is 0.500 bits per heavy atom. The molecule has 0 fully saturated rings. The molecule has 2 rings (SSSR count). The van der Waals surface area contributed by atoms with Gasteiger partial charge in [-0.25, -0.2) is 35.1 Å². The van der Waals surface area contributed by atoms with Gasteiger partial charge in [0.2, 0.25) is 0 Å². The van der Waals surface area contributed by atoms with Gasteiger partial charge in [-0.3, -0.25) is 9.11 Å². The summed E-state index contributed by atoms with van der Waals surface area (Å²) < 4.78 is 161. The van der Waals surface area contributed by atoms with Crippen molar-refractivity contribution in [1.82, 2.24) is 0 Å². The van der Waals surface area contributed by atoms with Gasteiger partial charge in [0, 0.05) is 0 Å². The number of carboxylic acid groups (broad SMARTS) is 2. The summed E-state index contributed by atoms with van der Waals surface area (Å²) in [6, 6.07) is 0. The molecule has 0 amide bonds. The van der Waals surface area contributed by atoms with E-state index in [1.807, 2.05) is 0 Å². The molecule has 36 heavy (non-hydrogen) atoms. The molecule has 0 atom stereocenters. The topological polar surface area (TPSA) is 189 Å². The number of hydrogen-bond acceptors (Lipinski definition) is 8. The van der Waals surface area contributed by atoms with Gasteiger partial charge in [0.15, 0.2) is 46.5 Å². The van der Waals surface area contributed by atoms with Gasteiger partial charge >= 0.3 is 37.7 Å². The van der Waals surface area contributed by atoms with Gasteiger partial charge in [-0.2, -0.15) is 16.8 Å². The number of halogens is 8. The molecule has 0 aromatic heterocycles. The van der Waals surface area contributed by atoms with Gasteiger partial charge < -0.3 is 19.8 Å². The minimum absolute atomic E-state index is 0. The fraction of sp³-hybridized carbons (Fsp3) is 0. The van der Waals surface area contributed by atoms with E-state index in [0.29, 0.717) is 0 Å². The molecule has 2 aromatic rings. The standard InChI is InChI=1S/2C7H2F4O5S.2Li/c2*8-2-1(7(12)13)6(17(14,15)16)5(11)4(10)3(2)9;;/h2*(H,12,13)(H,14,15,16);;/q;;2*+1/p-2. The Morgan fingerprint density at radius 3 is 0.861 bits per heavy atom. The molecule has 0 saturated carbocycles. The van der Waals surface area contributed by atoms with Crippen molar-refractivity contribution in [2.45, 2.75) is 9.79 Å². The number of carbonyl (C=O) groups excluding carboxylic acids is 2. The summed E-state index contributed by atoms with van der Waals surface area (Å²) >= 11 is 0. The molecule has 0 radical (unpaired) electrons. The monoisotopic (exact) mass is 560 g/mol. The summed E-state index contributed by atoms with van der Waals surface area (Å²) in [5.74, 6) is -25.5. The fourth-order valence-corrected chi connectivity index (χ4v) is 3.57. The Balaban J connectivity index is 0. The molecule has 0 aliphatic carbocycles. The van der Waals surface area contributed by atoms with E-state index < -0.39 is 99.6 Å². The van der Waals surface area contributed by atoms with Crippen molar-refractivity contribution in [3.8, 4) is 0 Å². The molecule has 0 heterocycles. The molecule has 0 unspecified atom stereocenters. The maximum absolute atomic E-state index is 12.9. The number of benzene rings is 2. The molecule has 10 nitrogen and oxygen atoms in total. The summed E-state index contributed by atoms with van der Waals surface area (Å²) in [5.41, 5.74) is -4.24. The average Bonchev–Trinajstić information content (AvgIpc) is 2.67. The van der Waals surface area contributed by atoms with E-state index in [1.165, 1.54) is 0 Å². The van der Waals surface area contributed by atoms with E-state index >= 15 is 0 Å². The minimum atomic E-state index is -5.61. The van der Waals surface area contributed by atoms with Crippen LogP contribution in [0.5, 0.6) is 0 Å². The second-order valence-electron chi connectivity index (χ2n) is 5.45. The van der Waals surface area contributed by atoms with Crippen molar-refractivity contribution in [3.63, 3.8) is 0 Å². The van der Waals surface area contributed by atoms with Crippen molar-refractivity contribution in [3.05, 3.63) is 57.7 Å². The number of hydrogen-bond donors (Lipinski definition) is 2. The zero-order valence-corrected chi connectivity index (χ0v) is 18.6. The van der Waals surface area contributed by atoms with Gasteiger partial charge in [0.05, 0.1) is 23.1 Å². The molecular formula is C14H2F8Li2O10S2. The predicted molar refractivity (Wildman–Crippen MR) is 80.8 cm³/mol. The fourth-order valence-electron chi connectivity index (χ4n) is 2.07. The predicted octanol–water partition coefficient (Wildman–Crippen LogP) is -6.29. The Bertz CT molecular complexity index is 1340. The third-order valence-corrected chi connectivity index (χ3v) is 5.17. The van der Waals surface area contributed by atoms with Crippen molar-refractivity contribution in [1.29, 1.82) is 0 Å². The molecule has 0 aliphatic heterocycles. The molecular weight excluding hydrogens is 558 g/mol. The van der Waals surface area contributed by atoms with Gasteiger partial charge in [-0.05, 0) is 0 Å². The number of aromatic carboxylic acids is 2. The van der Waals surface area contributed by atoms with E-state index in [2.05, 4.69) is 0 Å². The number of rotatable bonds is 4.